The molecule has 2 atom stereocenters. The molecule has 3 heterocycles. The number of aliphatic hydroxyl groups is 1. The summed E-state index contributed by atoms with van der Waals surface area (Å²) in [6.07, 6.45) is 13.3. The summed E-state index contributed by atoms with van der Waals surface area (Å²) in [6, 6.07) is 2.76. The van der Waals surface area contributed by atoms with Crippen LogP contribution in [0.4, 0.5) is 5.82 Å². The molecule has 3 N–H and O–H groups in total. The molecule has 2 saturated carbocycles. The van der Waals surface area contributed by atoms with E-state index in [9.17, 15) is 9.90 Å². The number of piperidine rings is 1. The molecule has 2 aromatic rings. The summed E-state index contributed by atoms with van der Waals surface area (Å²) in [4.78, 5) is 25.2. The monoisotopic (exact) mass is 468 g/mol. The molecular weight excluding hydrogens is 428 g/mol. The number of nitrogens with two attached hydrogens (primary N) is 1. The zero-order chi connectivity index (χ0) is 23.7. The number of hydrogen-bond acceptors (Lipinski definition) is 6. The van der Waals surface area contributed by atoms with Gasteiger partial charge < -0.3 is 20.3 Å². The van der Waals surface area contributed by atoms with Crippen molar-refractivity contribution >= 4 is 22.8 Å². The number of amides is 1. The highest BCUT2D eigenvalue weighted by Crippen LogP contribution is 2.36. The Balaban J connectivity index is 1.32. The van der Waals surface area contributed by atoms with Crippen LogP contribution in [0.1, 0.15) is 58.3 Å². The van der Waals surface area contributed by atoms with Crippen molar-refractivity contribution in [3.05, 3.63) is 18.6 Å². The Hall–Kier alpha value is -2.19. The van der Waals surface area contributed by atoms with Crippen LogP contribution in [0, 0.1) is 17.8 Å². The number of carbonyl (C=O) groups excluding carboxylic acids is 1. The van der Waals surface area contributed by atoms with Gasteiger partial charge in [0.05, 0.1) is 18.0 Å². The molecule has 5 rings (SSSR count). The average molecular weight is 469 g/mol. The standard InChI is InChI=1S/C26H40N6O2/c1-18-5-7-19(8-6-18)13-32(21-3-2-4-21)26-22-10-12-31(25(22)28-17-29-26)14-20-9-11-30(15-23(20)33)16-24(27)34/h10,12,17-21,23,33H,2-9,11,13-16H2,1H3,(H2,27,34)/t18?,19?,20-,23+/m0/s1. The normalized spacial score (nSPS) is 28.6. The summed E-state index contributed by atoms with van der Waals surface area (Å²) in [7, 11) is 0. The first-order valence-corrected chi connectivity index (χ1v) is 13.2. The molecule has 0 spiro atoms. The maximum atomic E-state index is 11.2. The maximum absolute atomic E-state index is 11.2. The van der Waals surface area contributed by atoms with Crippen LogP contribution in [0.25, 0.3) is 11.0 Å². The minimum Gasteiger partial charge on any atom is -0.391 e. The Morgan fingerprint density at radius 1 is 1.18 bits per heavy atom. The quantitative estimate of drug-likeness (QED) is 0.618. The van der Waals surface area contributed by atoms with E-state index in [1.807, 2.05) is 4.90 Å². The maximum Gasteiger partial charge on any atom is 0.231 e. The van der Waals surface area contributed by atoms with E-state index in [2.05, 4.69) is 33.6 Å². The van der Waals surface area contributed by atoms with Gasteiger partial charge in [-0.3, -0.25) is 9.69 Å². The molecule has 34 heavy (non-hydrogen) atoms. The molecule has 3 fully saturated rings. The summed E-state index contributed by atoms with van der Waals surface area (Å²) in [5.41, 5.74) is 6.29. The highest BCUT2D eigenvalue weighted by molar-refractivity contribution is 5.88. The Morgan fingerprint density at radius 2 is 1.97 bits per heavy atom. The van der Waals surface area contributed by atoms with Gasteiger partial charge in [-0.1, -0.05) is 19.8 Å². The Labute approximate surface area is 202 Å². The fraction of sp³-hybridized carbons (Fsp3) is 0.731. The minimum atomic E-state index is -0.480. The summed E-state index contributed by atoms with van der Waals surface area (Å²) < 4.78 is 2.18. The lowest BCUT2D eigenvalue weighted by Crippen LogP contribution is -2.47. The number of fused-ring (bicyclic) bond motifs is 1. The first-order chi connectivity index (χ1) is 16.5. The van der Waals surface area contributed by atoms with E-state index in [1.54, 1.807) is 6.33 Å². The highest BCUT2D eigenvalue weighted by Gasteiger charge is 2.32. The molecule has 2 aliphatic carbocycles. The number of aliphatic hydroxyl groups excluding tert-OH is 1. The molecule has 1 aliphatic heterocycles. The zero-order valence-electron chi connectivity index (χ0n) is 20.5. The third kappa shape index (κ3) is 5.08. The van der Waals surface area contributed by atoms with Crippen molar-refractivity contribution in [3.63, 3.8) is 0 Å². The smallest absolute Gasteiger partial charge is 0.231 e. The van der Waals surface area contributed by atoms with Gasteiger partial charge in [0, 0.05) is 37.8 Å². The van der Waals surface area contributed by atoms with Crippen LogP contribution >= 0.6 is 0 Å². The number of rotatable bonds is 8. The minimum absolute atomic E-state index is 0.130. The van der Waals surface area contributed by atoms with Crippen LogP contribution in [0.15, 0.2) is 18.6 Å². The second kappa shape index (κ2) is 10.2. The summed E-state index contributed by atoms with van der Waals surface area (Å²) in [6.45, 7) is 5.68. The topological polar surface area (TPSA) is 101 Å². The van der Waals surface area contributed by atoms with E-state index in [4.69, 9.17) is 10.7 Å². The molecular formula is C26H40N6O2. The van der Waals surface area contributed by atoms with Crippen molar-refractivity contribution in [2.45, 2.75) is 77.0 Å². The van der Waals surface area contributed by atoms with Crippen LogP contribution in [0.2, 0.25) is 0 Å². The van der Waals surface area contributed by atoms with Gasteiger partial charge in [-0.15, -0.1) is 0 Å². The number of nitrogens with zero attached hydrogens (tertiary/aromatic N) is 5. The first-order valence-electron chi connectivity index (χ1n) is 13.2. The highest BCUT2D eigenvalue weighted by atomic mass is 16.3. The van der Waals surface area contributed by atoms with Crippen molar-refractivity contribution in [2.75, 3.05) is 31.1 Å². The van der Waals surface area contributed by atoms with Crippen molar-refractivity contribution in [3.8, 4) is 0 Å². The van der Waals surface area contributed by atoms with Crippen LogP contribution in [0.5, 0.6) is 0 Å². The molecule has 0 bridgehead atoms. The molecule has 1 amide bonds. The van der Waals surface area contributed by atoms with Gasteiger partial charge in [0.2, 0.25) is 5.91 Å². The van der Waals surface area contributed by atoms with Gasteiger partial charge in [0.15, 0.2) is 0 Å². The molecule has 186 valence electrons. The number of carbonyl (C=O) groups is 1. The van der Waals surface area contributed by atoms with Crippen LogP contribution < -0.4 is 10.6 Å². The molecule has 0 radical (unpaired) electrons. The lowest BCUT2D eigenvalue weighted by molar-refractivity contribution is -0.120. The molecule has 1 saturated heterocycles. The number of β-amino-alcohol motifs (C(OH)–C–C–N with tert-alkyl or cyclic N) is 1. The lowest BCUT2D eigenvalue weighted by atomic mass is 9.82. The first kappa shape index (κ1) is 23.5. The van der Waals surface area contributed by atoms with Crippen LogP contribution in [-0.2, 0) is 11.3 Å². The number of primary amides is 1. The van der Waals surface area contributed by atoms with E-state index in [0.29, 0.717) is 12.6 Å². The summed E-state index contributed by atoms with van der Waals surface area (Å²) in [5, 5.41) is 11.9. The van der Waals surface area contributed by atoms with Crippen molar-refractivity contribution < 1.29 is 9.90 Å². The van der Waals surface area contributed by atoms with E-state index >= 15 is 0 Å². The van der Waals surface area contributed by atoms with Crippen LogP contribution in [0.3, 0.4) is 0 Å². The molecule has 0 aromatic carbocycles. The SMILES string of the molecule is CC1CCC(CN(c2ncnc3c2ccn3C[C@@H]2CCN(CC(N)=O)C[C@H]2O)C2CCC2)CC1. The number of likely N-dealkylation sites (tertiary alicyclic amines) is 1. The van der Waals surface area contributed by atoms with Crippen molar-refractivity contribution in [1.82, 2.24) is 19.4 Å². The number of hydrogen-bond donors (Lipinski definition) is 2. The van der Waals surface area contributed by atoms with Gasteiger partial charge in [0.1, 0.15) is 17.8 Å². The van der Waals surface area contributed by atoms with Gasteiger partial charge in [-0.05, 0) is 63.0 Å². The molecule has 8 nitrogen and oxygen atoms in total. The van der Waals surface area contributed by atoms with E-state index < -0.39 is 6.10 Å². The predicted octanol–water partition coefficient (Wildman–Crippen LogP) is 2.78. The second-order valence-corrected chi connectivity index (χ2v) is 11.1. The summed E-state index contributed by atoms with van der Waals surface area (Å²) >= 11 is 0. The van der Waals surface area contributed by atoms with Crippen LogP contribution in [-0.4, -0.2) is 68.8 Å². The largest absolute Gasteiger partial charge is 0.391 e. The molecule has 3 aliphatic rings. The predicted molar refractivity (Wildman–Crippen MR) is 133 cm³/mol. The lowest BCUT2D eigenvalue weighted by Gasteiger charge is -2.41. The van der Waals surface area contributed by atoms with E-state index in [-0.39, 0.29) is 18.4 Å². The molecule has 0 unspecified atom stereocenters. The third-order valence-corrected chi connectivity index (χ3v) is 8.53. The van der Waals surface area contributed by atoms with Gasteiger partial charge in [-0.2, -0.15) is 0 Å². The van der Waals surface area contributed by atoms with Crippen molar-refractivity contribution in [1.29, 1.82) is 0 Å². The third-order valence-electron chi connectivity index (χ3n) is 8.53. The molecule has 2 aromatic heterocycles. The Bertz CT molecular complexity index is 981. The van der Waals surface area contributed by atoms with Crippen molar-refractivity contribution in [2.24, 2.45) is 23.5 Å². The fourth-order valence-corrected chi connectivity index (χ4v) is 6.14. The second-order valence-electron chi connectivity index (χ2n) is 11.1. The number of aromatic nitrogens is 3. The zero-order valence-corrected chi connectivity index (χ0v) is 20.5. The van der Waals surface area contributed by atoms with Gasteiger partial charge in [-0.25, -0.2) is 9.97 Å². The van der Waals surface area contributed by atoms with E-state index in [0.717, 1.165) is 54.7 Å². The van der Waals surface area contributed by atoms with Gasteiger partial charge >= 0.3 is 0 Å². The van der Waals surface area contributed by atoms with E-state index in [1.165, 1.54) is 44.9 Å². The fourth-order valence-electron chi connectivity index (χ4n) is 6.14. The Kier molecular flexibility index (Phi) is 7.06. The average Bonchev–Trinajstić information content (AvgIpc) is 3.18. The Morgan fingerprint density at radius 3 is 2.65 bits per heavy atom. The summed E-state index contributed by atoms with van der Waals surface area (Å²) in [5.74, 6) is 2.50. The number of anilines is 1. The van der Waals surface area contributed by atoms with Gasteiger partial charge in [0.25, 0.3) is 0 Å². The molecule has 8 heteroatoms.